The quantitative estimate of drug-likeness (QED) is 0.754. The van der Waals surface area contributed by atoms with Gasteiger partial charge in [-0.3, -0.25) is 0 Å². The fourth-order valence-corrected chi connectivity index (χ4v) is 3.34. The van der Waals surface area contributed by atoms with Gasteiger partial charge in [-0.25, -0.2) is 0 Å². The highest BCUT2D eigenvalue weighted by atomic mass is 32.2. The van der Waals surface area contributed by atoms with Crippen molar-refractivity contribution in [1.29, 1.82) is 0 Å². The van der Waals surface area contributed by atoms with Gasteiger partial charge in [-0.2, -0.15) is 0 Å². The minimum atomic E-state index is 0.486. The summed E-state index contributed by atoms with van der Waals surface area (Å²) >= 11 is 4.97. The van der Waals surface area contributed by atoms with Crippen molar-refractivity contribution >= 4 is 34.9 Å². The number of rotatable bonds is 6. The van der Waals surface area contributed by atoms with Gasteiger partial charge in [0.25, 0.3) is 0 Å². The van der Waals surface area contributed by atoms with E-state index in [9.17, 15) is 0 Å². The van der Waals surface area contributed by atoms with E-state index in [1.54, 1.807) is 34.9 Å². The Morgan fingerprint density at radius 3 is 2.83 bits per heavy atom. The normalized spacial score (nSPS) is 10.6. The summed E-state index contributed by atoms with van der Waals surface area (Å²) in [6.45, 7) is 2.62. The fraction of sp³-hybridized carbons (Fsp3) is 0.333. The number of para-hydroxylation sites is 1. The maximum atomic E-state index is 5.81. The van der Waals surface area contributed by atoms with E-state index in [2.05, 4.69) is 23.2 Å². The highest BCUT2D eigenvalue weighted by Gasteiger charge is 2.06. The molecule has 0 saturated carbocycles. The second kappa shape index (κ2) is 7.01. The Hall–Kier alpha value is -0.720. The largest absolute Gasteiger partial charge is 0.485 e. The Morgan fingerprint density at radius 2 is 2.11 bits per heavy atom. The zero-order valence-electron chi connectivity index (χ0n) is 10.3. The Kier molecular flexibility index (Phi) is 5.34. The maximum Gasteiger partial charge on any atom is 0.174 e. The maximum absolute atomic E-state index is 5.81. The molecule has 2 rings (SSSR count). The average molecular weight is 298 g/mol. The first kappa shape index (κ1) is 13.7. The lowest BCUT2D eigenvalue weighted by molar-refractivity contribution is 0.297. The van der Waals surface area contributed by atoms with Crippen molar-refractivity contribution in [2.45, 2.75) is 22.8 Å². The van der Waals surface area contributed by atoms with Crippen LogP contribution in [0.5, 0.6) is 5.75 Å². The summed E-state index contributed by atoms with van der Waals surface area (Å²) < 4.78 is 6.79. The van der Waals surface area contributed by atoms with Crippen LogP contribution in [0.2, 0.25) is 0 Å². The number of thioether (sulfide) groups is 2. The van der Waals surface area contributed by atoms with Crippen LogP contribution in [0.15, 0.2) is 33.5 Å². The average Bonchev–Trinajstić information content (AvgIpc) is 2.86. The standard InChI is InChI=1S/C12H14N2OS3/c1-3-17-10-7-5-4-6-9(10)15-8-11-13-14-12(16-2)18-11/h4-7H,3,8H2,1-2H3. The van der Waals surface area contributed by atoms with Crippen LogP contribution in [0.25, 0.3) is 0 Å². The molecule has 0 radical (unpaired) electrons. The summed E-state index contributed by atoms with van der Waals surface area (Å²) in [5.41, 5.74) is 0. The zero-order chi connectivity index (χ0) is 12.8. The molecular weight excluding hydrogens is 284 g/mol. The second-order valence-corrected chi connectivity index (χ2v) is 6.76. The van der Waals surface area contributed by atoms with Gasteiger partial charge < -0.3 is 4.74 Å². The first-order chi connectivity index (χ1) is 8.83. The minimum Gasteiger partial charge on any atom is -0.485 e. The van der Waals surface area contributed by atoms with Crippen molar-refractivity contribution in [1.82, 2.24) is 10.2 Å². The molecule has 2 aromatic rings. The highest BCUT2D eigenvalue weighted by Crippen LogP contribution is 2.29. The van der Waals surface area contributed by atoms with Crippen LogP contribution in [-0.4, -0.2) is 22.2 Å². The van der Waals surface area contributed by atoms with E-state index in [4.69, 9.17) is 4.74 Å². The van der Waals surface area contributed by atoms with Gasteiger partial charge in [0.2, 0.25) is 0 Å². The van der Waals surface area contributed by atoms with Crippen molar-refractivity contribution in [3.63, 3.8) is 0 Å². The van der Waals surface area contributed by atoms with Gasteiger partial charge in [0.05, 0.1) is 0 Å². The Bertz CT molecular complexity index is 502. The van der Waals surface area contributed by atoms with Crippen LogP contribution < -0.4 is 4.74 Å². The van der Waals surface area contributed by atoms with Crippen molar-refractivity contribution in [3.8, 4) is 5.75 Å². The summed E-state index contributed by atoms with van der Waals surface area (Å²) in [6.07, 6.45) is 2.00. The molecule has 1 aromatic carbocycles. The molecule has 1 aromatic heterocycles. The van der Waals surface area contributed by atoms with E-state index < -0.39 is 0 Å². The van der Waals surface area contributed by atoms with E-state index in [1.165, 1.54) is 4.90 Å². The molecule has 0 atom stereocenters. The summed E-state index contributed by atoms with van der Waals surface area (Å²) in [7, 11) is 0. The van der Waals surface area contributed by atoms with Gasteiger partial charge >= 0.3 is 0 Å². The number of hydrogen-bond acceptors (Lipinski definition) is 6. The van der Waals surface area contributed by atoms with Crippen LogP contribution in [-0.2, 0) is 6.61 Å². The van der Waals surface area contributed by atoms with Crippen LogP contribution in [0.3, 0.4) is 0 Å². The third-order valence-electron chi connectivity index (χ3n) is 2.12. The van der Waals surface area contributed by atoms with Crippen molar-refractivity contribution in [3.05, 3.63) is 29.3 Å². The van der Waals surface area contributed by atoms with Crippen molar-refractivity contribution < 1.29 is 4.74 Å². The summed E-state index contributed by atoms with van der Waals surface area (Å²) in [4.78, 5) is 1.18. The monoisotopic (exact) mass is 298 g/mol. The molecule has 0 unspecified atom stereocenters. The van der Waals surface area contributed by atoms with Gasteiger partial charge in [0, 0.05) is 4.90 Å². The lowest BCUT2D eigenvalue weighted by Gasteiger charge is -2.08. The SMILES string of the molecule is CCSc1ccccc1OCc1nnc(SC)s1. The van der Waals surface area contributed by atoms with Gasteiger partial charge in [0.15, 0.2) is 9.35 Å². The van der Waals surface area contributed by atoms with Crippen LogP contribution in [0.1, 0.15) is 11.9 Å². The lowest BCUT2D eigenvalue weighted by atomic mass is 10.3. The van der Waals surface area contributed by atoms with Crippen LogP contribution in [0.4, 0.5) is 0 Å². The smallest absolute Gasteiger partial charge is 0.174 e. The van der Waals surface area contributed by atoms with Gasteiger partial charge in [-0.05, 0) is 24.1 Å². The fourth-order valence-electron chi connectivity index (χ4n) is 1.36. The van der Waals surface area contributed by atoms with Crippen LogP contribution in [0, 0.1) is 0 Å². The minimum absolute atomic E-state index is 0.486. The topological polar surface area (TPSA) is 35.0 Å². The molecule has 0 saturated heterocycles. The van der Waals surface area contributed by atoms with Crippen LogP contribution >= 0.6 is 34.9 Å². The predicted octanol–water partition coefficient (Wildman–Crippen LogP) is 3.95. The Morgan fingerprint density at radius 1 is 1.28 bits per heavy atom. The molecule has 0 bridgehead atoms. The molecule has 96 valence electrons. The Balaban J connectivity index is 2.01. The molecule has 18 heavy (non-hydrogen) atoms. The molecule has 0 aliphatic carbocycles. The van der Waals surface area contributed by atoms with E-state index in [0.717, 1.165) is 20.8 Å². The molecule has 0 aliphatic heterocycles. The zero-order valence-corrected chi connectivity index (χ0v) is 12.7. The molecule has 6 heteroatoms. The number of aromatic nitrogens is 2. The molecule has 0 N–H and O–H groups in total. The van der Waals surface area contributed by atoms with Gasteiger partial charge in [-0.1, -0.05) is 42.2 Å². The van der Waals surface area contributed by atoms with Gasteiger partial charge in [0.1, 0.15) is 12.4 Å². The second-order valence-electron chi connectivity index (χ2n) is 3.33. The third kappa shape index (κ3) is 3.63. The third-order valence-corrected chi connectivity index (χ3v) is 4.93. The molecule has 3 nitrogen and oxygen atoms in total. The summed E-state index contributed by atoms with van der Waals surface area (Å²) in [6, 6.07) is 8.09. The van der Waals surface area contributed by atoms with E-state index >= 15 is 0 Å². The molecule has 0 spiro atoms. The number of hydrogen-bond donors (Lipinski definition) is 0. The predicted molar refractivity (Wildman–Crippen MR) is 78.9 cm³/mol. The molecular formula is C12H14N2OS3. The first-order valence-electron chi connectivity index (χ1n) is 5.54. The molecule has 0 fully saturated rings. The summed E-state index contributed by atoms with van der Waals surface area (Å²) in [5, 5.41) is 9.06. The summed E-state index contributed by atoms with van der Waals surface area (Å²) in [5.74, 6) is 1.96. The molecule has 1 heterocycles. The van der Waals surface area contributed by atoms with Gasteiger partial charge in [-0.15, -0.1) is 22.0 Å². The van der Waals surface area contributed by atoms with Crippen molar-refractivity contribution in [2.24, 2.45) is 0 Å². The number of ether oxygens (including phenoxy) is 1. The first-order valence-corrected chi connectivity index (χ1v) is 8.57. The van der Waals surface area contributed by atoms with Crippen molar-refractivity contribution in [2.75, 3.05) is 12.0 Å². The highest BCUT2D eigenvalue weighted by molar-refractivity contribution is 8.00. The molecule has 0 amide bonds. The Labute approximate surface area is 119 Å². The number of benzene rings is 1. The molecule has 0 aliphatic rings. The van der Waals surface area contributed by atoms with E-state index in [1.807, 2.05) is 24.5 Å². The van der Waals surface area contributed by atoms with E-state index in [-0.39, 0.29) is 0 Å². The van der Waals surface area contributed by atoms with E-state index in [0.29, 0.717) is 6.61 Å². The lowest BCUT2D eigenvalue weighted by Crippen LogP contribution is -1.96. The number of nitrogens with zero attached hydrogens (tertiary/aromatic N) is 2.